The quantitative estimate of drug-likeness (QED) is 0.794. The van der Waals surface area contributed by atoms with Crippen LogP contribution in [0.2, 0.25) is 10.0 Å². The predicted molar refractivity (Wildman–Crippen MR) is 87.3 cm³/mol. The van der Waals surface area contributed by atoms with Crippen LogP contribution < -0.4 is 0 Å². The maximum absolute atomic E-state index is 11.3. The summed E-state index contributed by atoms with van der Waals surface area (Å²) in [6, 6.07) is 8.98. The van der Waals surface area contributed by atoms with Crippen molar-refractivity contribution in [1.82, 2.24) is 4.98 Å². The molecule has 2 aromatic rings. The second-order valence-electron chi connectivity index (χ2n) is 4.90. The van der Waals surface area contributed by atoms with Crippen molar-refractivity contribution in [2.24, 2.45) is 0 Å². The number of hydrogen-bond donors (Lipinski definition) is 1. The van der Waals surface area contributed by atoms with Crippen molar-refractivity contribution < 1.29 is 9.90 Å². The first-order chi connectivity index (χ1) is 9.81. The van der Waals surface area contributed by atoms with E-state index in [9.17, 15) is 9.90 Å². The topological polar surface area (TPSA) is 50.2 Å². The van der Waals surface area contributed by atoms with Gasteiger partial charge in [0.2, 0.25) is 0 Å². The van der Waals surface area contributed by atoms with Gasteiger partial charge in [-0.1, -0.05) is 47.1 Å². The van der Waals surface area contributed by atoms with Gasteiger partial charge in [-0.15, -0.1) is 0 Å². The Hall–Kier alpha value is -1.23. The summed E-state index contributed by atoms with van der Waals surface area (Å²) in [5.74, 6) is -0.891. The molecule has 2 rings (SSSR count). The molecule has 0 aliphatic heterocycles. The SMILES string of the molecule is CC(C)(Sc1ncccc1-c1ccc(Cl)c(Cl)c1)C(=O)O. The molecule has 0 bridgehead atoms. The van der Waals surface area contributed by atoms with Crippen LogP contribution in [0.3, 0.4) is 0 Å². The van der Waals surface area contributed by atoms with E-state index in [1.807, 2.05) is 12.1 Å². The number of aliphatic carboxylic acids is 1. The first-order valence-corrected chi connectivity index (χ1v) is 7.71. The Labute approximate surface area is 137 Å². The van der Waals surface area contributed by atoms with Gasteiger partial charge in [-0.05, 0) is 37.6 Å². The van der Waals surface area contributed by atoms with E-state index in [1.54, 1.807) is 38.2 Å². The molecule has 3 nitrogen and oxygen atoms in total. The second kappa shape index (κ2) is 6.26. The summed E-state index contributed by atoms with van der Waals surface area (Å²) in [6.07, 6.45) is 1.64. The predicted octanol–water partition coefficient (Wildman–Crippen LogP) is 5.01. The highest BCUT2D eigenvalue weighted by atomic mass is 35.5. The molecule has 110 valence electrons. The molecule has 1 heterocycles. The van der Waals surface area contributed by atoms with Crippen LogP contribution in [0.1, 0.15) is 13.8 Å². The van der Waals surface area contributed by atoms with E-state index >= 15 is 0 Å². The van der Waals surface area contributed by atoms with Gasteiger partial charge < -0.3 is 5.11 Å². The summed E-state index contributed by atoms with van der Waals surface area (Å²) in [5.41, 5.74) is 1.68. The summed E-state index contributed by atoms with van der Waals surface area (Å²) in [4.78, 5) is 15.6. The third kappa shape index (κ3) is 3.70. The molecule has 0 fully saturated rings. The lowest BCUT2D eigenvalue weighted by Crippen LogP contribution is -2.27. The third-order valence-corrected chi connectivity index (χ3v) is 4.81. The summed E-state index contributed by atoms with van der Waals surface area (Å²) < 4.78 is -0.973. The number of carbonyl (C=O) groups is 1. The number of hydrogen-bond acceptors (Lipinski definition) is 3. The molecule has 1 N–H and O–H groups in total. The average molecular weight is 342 g/mol. The van der Waals surface area contributed by atoms with Gasteiger partial charge in [0.25, 0.3) is 0 Å². The molecule has 1 aromatic heterocycles. The zero-order chi connectivity index (χ0) is 15.6. The van der Waals surface area contributed by atoms with Gasteiger partial charge in [-0.3, -0.25) is 4.79 Å². The Kier molecular flexibility index (Phi) is 4.81. The number of benzene rings is 1. The minimum Gasteiger partial charge on any atom is -0.480 e. The molecular weight excluding hydrogens is 329 g/mol. The Morgan fingerprint density at radius 2 is 1.95 bits per heavy atom. The smallest absolute Gasteiger partial charge is 0.319 e. The van der Waals surface area contributed by atoms with Gasteiger partial charge in [0.1, 0.15) is 9.77 Å². The summed E-state index contributed by atoms with van der Waals surface area (Å²) >= 11 is 13.2. The number of aromatic nitrogens is 1. The lowest BCUT2D eigenvalue weighted by Gasteiger charge is -2.19. The highest BCUT2D eigenvalue weighted by molar-refractivity contribution is 8.01. The van der Waals surface area contributed by atoms with Crippen LogP contribution in [0.5, 0.6) is 0 Å². The Balaban J connectivity index is 2.46. The standard InChI is InChI=1S/C15H13Cl2NO2S/c1-15(2,14(19)20)21-13-10(4-3-7-18-13)9-5-6-11(16)12(17)8-9/h3-8H,1-2H3,(H,19,20). The number of carboxylic acids is 1. The van der Waals surface area contributed by atoms with Crippen LogP contribution in [0.25, 0.3) is 11.1 Å². The number of halogens is 2. The van der Waals surface area contributed by atoms with E-state index < -0.39 is 10.7 Å². The van der Waals surface area contributed by atoms with Crippen molar-refractivity contribution in [2.45, 2.75) is 23.6 Å². The Bertz CT molecular complexity index is 689. The Morgan fingerprint density at radius 3 is 2.57 bits per heavy atom. The fourth-order valence-electron chi connectivity index (χ4n) is 1.64. The zero-order valence-corrected chi connectivity index (χ0v) is 13.8. The van der Waals surface area contributed by atoms with Crippen molar-refractivity contribution in [2.75, 3.05) is 0 Å². The molecule has 0 aliphatic rings. The van der Waals surface area contributed by atoms with Crippen LogP contribution in [0, 0.1) is 0 Å². The van der Waals surface area contributed by atoms with Crippen molar-refractivity contribution in [3.8, 4) is 11.1 Å². The van der Waals surface area contributed by atoms with E-state index in [2.05, 4.69) is 4.98 Å². The maximum atomic E-state index is 11.3. The van der Waals surface area contributed by atoms with E-state index in [4.69, 9.17) is 23.2 Å². The number of nitrogens with zero attached hydrogens (tertiary/aromatic N) is 1. The zero-order valence-electron chi connectivity index (χ0n) is 11.4. The van der Waals surface area contributed by atoms with Gasteiger partial charge in [0.05, 0.1) is 10.0 Å². The Morgan fingerprint density at radius 1 is 1.24 bits per heavy atom. The van der Waals surface area contributed by atoms with E-state index in [1.165, 1.54) is 11.8 Å². The lowest BCUT2D eigenvalue weighted by molar-refractivity contribution is -0.138. The van der Waals surface area contributed by atoms with Crippen molar-refractivity contribution in [3.05, 3.63) is 46.6 Å². The number of thioether (sulfide) groups is 1. The number of pyridine rings is 1. The lowest BCUT2D eigenvalue weighted by atomic mass is 10.1. The van der Waals surface area contributed by atoms with Crippen LogP contribution >= 0.6 is 35.0 Å². The van der Waals surface area contributed by atoms with Gasteiger partial charge in [-0.2, -0.15) is 0 Å². The molecule has 1 aromatic carbocycles. The van der Waals surface area contributed by atoms with Crippen LogP contribution in [-0.4, -0.2) is 20.8 Å². The van der Waals surface area contributed by atoms with Crippen molar-refractivity contribution in [1.29, 1.82) is 0 Å². The highest BCUT2D eigenvalue weighted by Crippen LogP contribution is 2.38. The molecule has 0 saturated carbocycles. The van der Waals surface area contributed by atoms with Gasteiger partial charge in [0.15, 0.2) is 0 Å². The van der Waals surface area contributed by atoms with E-state index in [-0.39, 0.29) is 0 Å². The van der Waals surface area contributed by atoms with E-state index in [0.717, 1.165) is 11.1 Å². The van der Waals surface area contributed by atoms with E-state index in [0.29, 0.717) is 15.1 Å². The number of rotatable bonds is 4. The first kappa shape index (κ1) is 16.1. The largest absolute Gasteiger partial charge is 0.480 e. The molecule has 0 aliphatic carbocycles. The molecule has 0 atom stereocenters. The summed E-state index contributed by atoms with van der Waals surface area (Å²) in [6.45, 7) is 3.29. The molecule has 21 heavy (non-hydrogen) atoms. The van der Waals surface area contributed by atoms with Crippen molar-refractivity contribution in [3.63, 3.8) is 0 Å². The molecular formula is C15H13Cl2NO2S. The molecule has 0 radical (unpaired) electrons. The fourth-order valence-corrected chi connectivity index (χ4v) is 2.92. The second-order valence-corrected chi connectivity index (χ2v) is 7.33. The molecule has 6 heteroatoms. The van der Waals surface area contributed by atoms with Gasteiger partial charge in [-0.25, -0.2) is 4.98 Å². The normalized spacial score (nSPS) is 11.4. The van der Waals surface area contributed by atoms with Crippen LogP contribution in [0.15, 0.2) is 41.6 Å². The first-order valence-electron chi connectivity index (χ1n) is 6.14. The average Bonchev–Trinajstić information content (AvgIpc) is 2.42. The third-order valence-electron chi connectivity index (χ3n) is 2.87. The number of carboxylic acid groups (broad SMARTS) is 1. The summed E-state index contributed by atoms with van der Waals surface area (Å²) in [7, 11) is 0. The molecule has 0 unspecified atom stereocenters. The van der Waals surface area contributed by atoms with Gasteiger partial charge in [0, 0.05) is 11.8 Å². The fraction of sp³-hybridized carbons (Fsp3) is 0.200. The maximum Gasteiger partial charge on any atom is 0.319 e. The monoisotopic (exact) mass is 341 g/mol. The summed E-state index contributed by atoms with van der Waals surface area (Å²) in [5, 5.41) is 10.8. The van der Waals surface area contributed by atoms with Crippen LogP contribution in [0.4, 0.5) is 0 Å². The van der Waals surface area contributed by atoms with Crippen molar-refractivity contribution >= 4 is 40.9 Å². The minimum absolute atomic E-state index is 0.450. The molecule has 0 saturated heterocycles. The van der Waals surface area contributed by atoms with Crippen LogP contribution in [-0.2, 0) is 4.79 Å². The highest BCUT2D eigenvalue weighted by Gasteiger charge is 2.30. The minimum atomic E-state index is -0.973. The molecule has 0 amide bonds. The van der Waals surface area contributed by atoms with Gasteiger partial charge >= 0.3 is 5.97 Å². The molecule has 0 spiro atoms.